The van der Waals surface area contributed by atoms with Gasteiger partial charge in [0, 0.05) is 33.6 Å². The van der Waals surface area contributed by atoms with Crippen molar-refractivity contribution in [3.63, 3.8) is 0 Å². The molecule has 0 aromatic carbocycles. The van der Waals surface area contributed by atoms with Crippen LogP contribution in [-0.2, 0) is 9.59 Å². The third-order valence-electron chi connectivity index (χ3n) is 3.76. The summed E-state index contributed by atoms with van der Waals surface area (Å²) in [5.41, 5.74) is -0.587. The fourth-order valence-electron chi connectivity index (χ4n) is 2.59. The van der Waals surface area contributed by atoms with Crippen LogP contribution in [0.15, 0.2) is 0 Å². The van der Waals surface area contributed by atoms with Gasteiger partial charge in [-0.05, 0) is 19.4 Å². The lowest BCUT2D eigenvalue weighted by Crippen LogP contribution is -2.36. The van der Waals surface area contributed by atoms with Crippen molar-refractivity contribution in [1.82, 2.24) is 9.80 Å². The van der Waals surface area contributed by atoms with Gasteiger partial charge >= 0.3 is 5.97 Å². The highest BCUT2D eigenvalue weighted by Gasteiger charge is 2.43. The van der Waals surface area contributed by atoms with Gasteiger partial charge in [0.05, 0.1) is 5.41 Å². The van der Waals surface area contributed by atoms with E-state index < -0.39 is 11.4 Å². The number of likely N-dealkylation sites (tertiary alicyclic amines) is 1. The van der Waals surface area contributed by atoms with Crippen LogP contribution in [-0.4, -0.2) is 60.5 Å². The maximum Gasteiger partial charge on any atom is 0.310 e. The lowest BCUT2D eigenvalue weighted by Gasteiger charge is -2.24. The first-order valence-electron chi connectivity index (χ1n) is 6.57. The first-order valence-corrected chi connectivity index (χ1v) is 6.57. The Balaban J connectivity index is 2.49. The largest absolute Gasteiger partial charge is 0.481 e. The van der Waals surface area contributed by atoms with E-state index in [-0.39, 0.29) is 5.91 Å². The zero-order valence-corrected chi connectivity index (χ0v) is 11.6. The van der Waals surface area contributed by atoms with Crippen molar-refractivity contribution in [2.45, 2.75) is 32.6 Å². The molecule has 0 radical (unpaired) electrons. The summed E-state index contributed by atoms with van der Waals surface area (Å²) in [5, 5.41) is 9.38. The van der Waals surface area contributed by atoms with Crippen molar-refractivity contribution in [3.05, 3.63) is 0 Å². The van der Waals surface area contributed by atoms with Crippen molar-refractivity contribution >= 4 is 11.9 Å². The molecule has 18 heavy (non-hydrogen) atoms. The molecule has 5 heteroatoms. The molecule has 5 nitrogen and oxygen atoms in total. The zero-order chi connectivity index (χ0) is 13.8. The molecule has 0 bridgehead atoms. The van der Waals surface area contributed by atoms with Gasteiger partial charge in [0.1, 0.15) is 0 Å². The van der Waals surface area contributed by atoms with E-state index in [1.807, 2.05) is 6.92 Å². The van der Waals surface area contributed by atoms with E-state index in [9.17, 15) is 14.7 Å². The van der Waals surface area contributed by atoms with Crippen molar-refractivity contribution in [3.8, 4) is 0 Å². The number of hydrogen-bond acceptors (Lipinski definition) is 3. The van der Waals surface area contributed by atoms with E-state index in [0.717, 1.165) is 19.4 Å². The summed E-state index contributed by atoms with van der Waals surface area (Å²) >= 11 is 0. The van der Waals surface area contributed by atoms with E-state index in [1.54, 1.807) is 19.0 Å². The molecular weight excluding hydrogens is 232 g/mol. The number of carboxylic acids is 1. The average Bonchev–Trinajstić information content (AvgIpc) is 2.71. The number of carbonyl (C=O) groups is 2. The fraction of sp³-hybridized carbons (Fsp3) is 0.846. The maximum absolute atomic E-state index is 11.5. The SMILES string of the molecule is CCCC1(C(=O)O)CCN(CCC(=O)N(C)C)C1. The highest BCUT2D eigenvalue weighted by Crippen LogP contribution is 2.35. The Hall–Kier alpha value is -1.10. The third-order valence-corrected chi connectivity index (χ3v) is 3.76. The molecule has 1 atom stereocenters. The second-order valence-electron chi connectivity index (χ2n) is 5.40. The van der Waals surface area contributed by atoms with E-state index >= 15 is 0 Å². The lowest BCUT2D eigenvalue weighted by molar-refractivity contribution is -0.148. The van der Waals surface area contributed by atoms with E-state index in [2.05, 4.69) is 4.90 Å². The molecule has 1 fully saturated rings. The van der Waals surface area contributed by atoms with Gasteiger partial charge in [0.2, 0.25) is 5.91 Å². The second-order valence-corrected chi connectivity index (χ2v) is 5.40. The Bertz CT molecular complexity index is 317. The number of hydrogen-bond donors (Lipinski definition) is 1. The number of nitrogens with zero attached hydrogens (tertiary/aromatic N) is 2. The van der Waals surface area contributed by atoms with Gasteiger partial charge in [0.25, 0.3) is 0 Å². The second kappa shape index (κ2) is 6.18. The molecule has 0 spiro atoms. The summed E-state index contributed by atoms with van der Waals surface area (Å²) in [6.07, 6.45) is 2.78. The van der Waals surface area contributed by atoms with Crippen LogP contribution in [0.25, 0.3) is 0 Å². The standard InChI is InChI=1S/C13H24N2O3/c1-4-6-13(12(17)18)7-9-15(10-13)8-5-11(16)14(2)3/h4-10H2,1-3H3,(H,17,18). The summed E-state index contributed by atoms with van der Waals surface area (Å²) < 4.78 is 0. The Morgan fingerprint density at radius 3 is 2.56 bits per heavy atom. The number of rotatable bonds is 6. The van der Waals surface area contributed by atoms with Crippen molar-refractivity contribution < 1.29 is 14.7 Å². The first-order chi connectivity index (χ1) is 8.41. The fourth-order valence-corrected chi connectivity index (χ4v) is 2.59. The Morgan fingerprint density at radius 1 is 1.39 bits per heavy atom. The molecule has 1 rings (SSSR count). The number of carbonyl (C=O) groups excluding carboxylic acids is 1. The van der Waals surface area contributed by atoms with Crippen LogP contribution in [0.4, 0.5) is 0 Å². The summed E-state index contributed by atoms with van der Waals surface area (Å²) in [5.74, 6) is -0.593. The molecule has 0 aromatic rings. The first kappa shape index (κ1) is 15.0. The van der Waals surface area contributed by atoms with Gasteiger partial charge < -0.3 is 14.9 Å². The van der Waals surface area contributed by atoms with Crippen LogP contribution in [0.3, 0.4) is 0 Å². The smallest absolute Gasteiger partial charge is 0.310 e. The minimum Gasteiger partial charge on any atom is -0.481 e. The van der Waals surface area contributed by atoms with E-state index in [4.69, 9.17) is 0 Å². The van der Waals surface area contributed by atoms with Crippen LogP contribution in [0.5, 0.6) is 0 Å². The molecule has 1 N–H and O–H groups in total. The third kappa shape index (κ3) is 3.45. The van der Waals surface area contributed by atoms with Crippen LogP contribution in [0.2, 0.25) is 0 Å². The van der Waals surface area contributed by atoms with Crippen molar-refractivity contribution in [1.29, 1.82) is 0 Å². The molecule has 104 valence electrons. The van der Waals surface area contributed by atoms with Crippen molar-refractivity contribution in [2.75, 3.05) is 33.7 Å². The lowest BCUT2D eigenvalue weighted by atomic mass is 9.83. The molecule has 1 saturated heterocycles. The molecule has 1 aliphatic rings. The summed E-state index contributed by atoms with van der Waals surface area (Å²) in [7, 11) is 3.48. The summed E-state index contributed by atoms with van der Waals surface area (Å²) in [6, 6.07) is 0. The Kier molecular flexibility index (Phi) is 5.14. The van der Waals surface area contributed by atoms with E-state index in [1.165, 1.54) is 0 Å². The molecule has 0 aromatic heterocycles. The van der Waals surface area contributed by atoms with Gasteiger partial charge in [-0.2, -0.15) is 0 Å². The Labute approximate surface area is 109 Å². The molecular formula is C13H24N2O3. The Morgan fingerprint density at radius 2 is 2.06 bits per heavy atom. The van der Waals surface area contributed by atoms with Gasteiger partial charge in [0.15, 0.2) is 0 Å². The number of aliphatic carboxylic acids is 1. The molecule has 1 unspecified atom stereocenters. The minimum atomic E-state index is -0.689. The molecule has 1 heterocycles. The van der Waals surface area contributed by atoms with Gasteiger partial charge in [-0.25, -0.2) is 0 Å². The maximum atomic E-state index is 11.5. The van der Waals surface area contributed by atoms with Gasteiger partial charge in [-0.15, -0.1) is 0 Å². The predicted octanol–water partition coefficient (Wildman–Crippen LogP) is 1.04. The predicted molar refractivity (Wildman–Crippen MR) is 69.3 cm³/mol. The number of amides is 1. The minimum absolute atomic E-state index is 0.0957. The van der Waals surface area contributed by atoms with Crippen LogP contribution in [0, 0.1) is 5.41 Å². The van der Waals surface area contributed by atoms with Gasteiger partial charge in [-0.1, -0.05) is 13.3 Å². The number of carboxylic acid groups (broad SMARTS) is 1. The highest BCUT2D eigenvalue weighted by atomic mass is 16.4. The summed E-state index contributed by atoms with van der Waals surface area (Å²) in [4.78, 5) is 26.6. The quantitative estimate of drug-likeness (QED) is 0.771. The monoisotopic (exact) mass is 256 g/mol. The molecule has 0 aliphatic carbocycles. The van der Waals surface area contributed by atoms with Gasteiger partial charge in [-0.3, -0.25) is 9.59 Å². The zero-order valence-electron chi connectivity index (χ0n) is 11.6. The molecule has 1 amide bonds. The summed E-state index contributed by atoms with van der Waals surface area (Å²) in [6.45, 7) is 4.04. The molecule has 0 saturated carbocycles. The average molecular weight is 256 g/mol. The van der Waals surface area contributed by atoms with Crippen LogP contribution in [0.1, 0.15) is 32.6 Å². The van der Waals surface area contributed by atoms with Crippen LogP contribution < -0.4 is 0 Å². The van der Waals surface area contributed by atoms with Crippen molar-refractivity contribution in [2.24, 2.45) is 5.41 Å². The normalized spacial score (nSPS) is 24.2. The van der Waals surface area contributed by atoms with E-state index in [0.29, 0.717) is 25.9 Å². The topological polar surface area (TPSA) is 60.9 Å². The molecule has 1 aliphatic heterocycles. The highest BCUT2D eigenvalue weighted by molar-refractivity contribution is 5.76. The van der Waals surface area contributed by atoms with Crippen LogP contribution >= 0.6 is 0 Å².